The molecule has 2 N–H and O–H groups in total. The predicted octanol–water partition coefficient (Wildman–Crippen LogP) is 0.0765. The summed E-state index contributed by atoms with van der Waals surface area (Å²) < 4.78 is 5.15. The van der Waals surface area contributed by atoms with Crippen LogP contribution in [0.15, 0.2) is 0 Å². The zero-order valence-corrected chi connectivity index (χ0v) is 8.53. The van der Waals surface area contributed by atoms with Gasteiger partial charge in [-0.15, -0.1) is 0 Å². The molecule has 1 saturated heterocycles. The molecule has 0 saturated carbocycles. The van der Waals surface area contributed by atoms with Crippen LogP contribution < -0.4 is 5.43 Å². The molecule has 0 unspecified atom stereocenters. The SMILES string of the molecule is CCOCCNN1CCC[C@H]1C(=O)O. The highest BCUT2D eigenvalue weighted by Gasteiger charge is 2.29. The lowest BCUT2D eigenvalue weighted by atomic mass is 10.2. The van der Waals surface area contributed by atoms with Crippen molar-refractivity contribution < 1.29 is 14.6 Å². The van der Waals surface area contributed by atoms with E-state index in [0.29, 0.717) is 19.8 Å². The summed E-state index contributed by atoms with van der Waals surface area (Å²) in [5.41, 5.74) is 3.08. The van der Waals surface area contributed by atoms with Crippen molar-refractivity contribution in [2.75, 3.05) is 26.3 Å². The summed E-state index contributed by atoms with van der Waals surface area (Å²) in [6, 6.07) is -0.364. The summed E-state index contributed by atoms with van der Waals surface area (Å²) >= 11 is 0. The third-order valence-corrected chi connectivity index (χ3v) is 2.30. The lowest BCUT2D eigenvalue weighted by Gasteiger charge is -2.21. The van der Waals surface area contributed by atoms with Crippen molar-refractivity contribution in [1.29, 1.82) is 0 Å². The summed E-state index contributed by atoms with van der Waals surface area (Å²) in [6.45, 7) is 4.75. The van der Waals surface area contributed by atoms with E-state index >= 15 is 0 Å². The van der Waals surface area contributed by atoms with E-state index in [4.69, 9.17) is 9.84 Å². The number of carboxylic acids is 1. The lowest BCUT2D eigenvalue weighted by Crippen LogP contribution is -2.46. The van der Waals surface area contributed by atoms with E-state index < -0.39 is 5.97 Å². The zero-order valence-electron chi connectivity index (χ0n) is 8.53. The maximum atomic E-state index is 10.8. The van der Waals surface area contributed by atoms with Gasteiger partial charge < -0.3 is 9.84 Å². The van der Waals surface area contributed by atoms with E-state index in [2.05, 4.69) is 5.43 Å². The minimum Gasteiger partial charge on any atom is -0.480 e. The first-order valence-electron chi connectivity index (χ1n) is 5.06. The van der Waals surface area contributed by atoms with Crippen LogP contribution in [0.25, 0.3) is 0 Å². The van der Waals surface area contributed by atoms with Crippen LogP contribution in [0.3, 0.4) is 0 Å². The van der Waals surface area contributed by atoms with Crippen LogP contribution in [0.1, 0.15) is 19.8 Å². The number of hydrazine groups is 1. The number of hydrogen-bond donors (Lipinski definition) is 2. The van der Waals surface area contributed by atoms with E-state index in [1.54, 1.807) is 5.01 Å². The Kier molecular flexibility index (Phi) is 4.86. The second-order valence-corrected chi connectivity index (χ2v) is 3.29. The molecular weight excluding hydrogens is 184 g/mol. The lowest BCUT2D eigenvalue weighted by molar-refractivity contribution is -0.143. The van der Waals surface area contributed by atoms with E-state index in [9.17, 15) is 4.79 Å². The summed E-state index contributed by atoms with van der Waals surface area (Å²) in [6.07, 6.45) is 1.68. The molecule has 0 aromatic heterocycles. The average molecular weight is 202 g/mol. The van der Waals surface area contributed by atoms with Crippen molar-refractivity contribution in [3.8, 4) is 0 Å². The molecule has 1 atom stereocenters. The number of aliphatic carboxylic acids is 1. The van der Waals surface area contributed by atoms with Gasteiger partial charge in [0.15, 0.2) is 0 Å². The highest BCUT2D eigenvalue weighted by molar-refractivity contribution is 5.73. The Hall–Kier alpha value is -0.650. The number of carbonyl (C=O) groups is 1. The second kappa shape index (κ2) is 5.95. The van der Waals surface area contributed by atoms with E-state index in [-0.39, 0.29) is 6.04 Å². The Bertz CT molecular complexity index is 187. The van der Waals surface area contributed by atoms with Crippen LogP contribution in [-0.4, -0.2) is 48.4 Å². The molecule has 1 rings (SSSR count). The molecule has 0 aromatic carbocycles. The standard InChI is InChI=1S/C9H18N2O3/c1-2-14-7-5-10-11-6-3-4-8(11)9(12)13/h8,10H,2-7H2,1H3,(H,12,13)/t8-/m0/s1. The topological polar surface area (TPSA) is 61.8 Å². The first-order chi connectivity index (χ1) is 6.75. The van der Waals surface area contributed by atoms with Crippen LogP contribution in [0, 0.1) is 0 Å². The van der Waals surface area contributed by atoms with Crippen molar-refractivity contribution >= 4 is 5.97 Å². The third-order valence-electron chi connectivity index (χ3n) is 2.30. The number of carboxylic acid groups (broad SMARTS) is 1. The third kappa shape index (κ3) is 3.25. The van der Waals surface area contributed by atoms with Crippen molar-refractivity contribution in [2.24, 2.45) is 0 Å². The van der Waals surface area contributed by atoms with Crippen molar-refractivity contribution in [1.82, 2.24) is 10.4 Å². The van der Waals surface area contributed by atoms with Gasteiger partial charge in [-0.1, -0.05) is 0 Å². The van der Waals surface area contributed by atoms with Crippen LogP contribution in [0.2, 0.25) is 0 Å². The Morgan fingerprint density at radius 3 is 3.14 bits per heavy atom. The molecule has 0 aliphatic carbocycles. The second-order valence-electron chi connectivity index (χ2n) is 3.29. The van der Waals surface area contributed by atoms with Crippen LogP contribution in [-0.2, 0) is 9.53 Å². The maximum absolute atomic E-state index is 10.8. The minimum absolute atomic E-state index is 0.364. The molecule has 0 amide bonds. The van der Waals surface area contributed by atoms with E-state index in [0.717, 1.165) is 19.4 Å². The van der Waals surface area contributed by atoms with E-state index in [1.165, 1.54) is 0 Å². The van der Waals surface area contributed by atoms with Crippen LogP contribution in [0.5, 0.6) is 0 Å². The molecule has 1 aliphatic heterocycles. The highest BCUT2D eigenvalue weighted by Crippen LogP contribution is 2.14. The number of nitrogens with zero attached hydrogens (tertiary/aromatic N) is 1. The highest BCUT2D eigenvalue weighted by atomic mass is 16.5. The van der Waals surface area contributed by atoms with Crippen LogP contribution >= 0.6 is 0 Å². The fourth-order valence-electron chi connectivity index (χ4n) is 1.62. The first kappa shape index (κ1) is 11.4. The quantitative estimate of drug-likeness (QED) is 0.597. The number of rotatable bonds is 6. The number of hydrogen-bond acceptors (Lipinski definition) is 4. The van der Waals surface area contributed by atoms with E-state index in [1.807, 2.05) is 6.92 Å². The fraction of sp³-hybridized carbons (Fsp3) is 0.889. The van der Waals surface area contributed by atoms with Crippen molar-refractivity contribution in [3.63, 3.8) is 0 Å². The van der Waals surface area contributed by atoms with Gasteiger partial charge in [0.1, 0.15) is 6.04 Å². The average Bonchev–Trinajstić information content (AvgIpc) is 2.60. The predicted molar refractivity (Wildman–Crippen MR) is 51.9 cm³/mol. The molecule has 5 heteroatoms. The molecule has 0 aromatic rings. The summed E-state index contributed by atoms with van der Waals surface area (Å²) in [5, 5.41) is 10.7. The fourth-order valence-corrected chi connectivity index (χ4v) is 1.62. The molecule has 0 spiro atoms. The van der Waals surface area contributed by atoms with Gasteiger partial charge in [0.05, 0.1) is 6.61 Å². The Morgan fingerprint density at radius 1 is 1.71 bits per heavy atom. The summed E-state index contributed by atoms with van der Waals surface area (Å²) in [4.78, 5) is 10.8. The molecule has 82 valence electrons. The van der Waals surface area contributed by atoms with Gasteiger partial charge in [-0.05, 0) is 19.8 Å². The molecule has 0 bridgehead atoms. The molecule has 1 heterocycles. The van der Waals surface area contributed by atoms with Crippen molar-refractivity contribution in [2.45, 2.75) is 25.8 Å². The Morgan fingerprint density at radius 2 is 2.50 bits per heavy atom. The minimum atomic E-state index is -0.744. The Balaban J connectivity index is 2.19. The zero-order chi connectivity index (χ0) is 10.4. The van der Waals surface area contributed by atoms with Crippen molar-refractivity contribution in [3.05, 3.63) is 0 Å². The molecular formula is C9H18N2O3. The molecule has 1 aliphatic rings. The monoisotopic (exact) mass is 202 g/mol. The molecule has 1 fully saturated rings. The molecule has 14 heavy (non-hydrogen) atoms. The number of ether oxygens (including phenoxy) is 1. The van der Waals surface area contributed by atoms with Gasteiger partial charge >= 0.3 is 5.97 Å². The Labute approximate surface area is 84.0 Å². The molecule has 5 nitrogen and oxygen atoms in total. The normalized spacial score (nSPS) is 22.8. The van der Waals surface area contributed by atoms with Gasteiger partial charge in [-0.2, -0.15) is 0 Å². The summed E-state index contributed by atoms with van der Waals surface area (Å²) in [7, 11) is 0. The van der Waals surface area contributed by atoms with Crippen LogP contribution in [0.4, 0.5) is 0 Å². The first-order valence-corrected chi connectivity index (χ1v) is 5.06. The smallest absolute Gasteiger partial charge is 0.322 e. The van der Waals surface area contributed by atoms with Gasteiger partial charge in [-0.25, -0.2) is 5.01 Å². The molecule has 0 radical (unpaired) electrons. The van der Waals surface area contributed by atoms with Gasteiger partial charge in [0.2, 0.25) is 0 Å². The maximum Gasteiger partial charge on any atom is 0.322 e. The number of nitrogens with one attached hydrogen (secondary N) is 1. The van der Waals surface area contributed by atoms with Gasteiger partial charge in [-0.3, -0.25) is 10.2 Å². The largest absolute Gasteiger partial charge is 0.480 e. The van der Waals surface area contributed by atoms with Gasteiger partial charge in [0.25, 0.3) is 0 Å². The van der Waals surface area contributed by atoms with Gasteiger partial charge in [0, 0.05) is 19.7 Å². The summed E-state index contributed by atoms with van der Waals surface area (Å²) in [5.74, 6) is -0.744.